The molecule has 8 heteroatoms. The number of aromatic nitrogens is 1. The summed E-state index contributed by atoms with van der Waals surface area (Å²) in [6.45, 7) is 8.81. The number of nitrogens with zero attached hydrogens (tertiary/aromatic N) is 4. The minimum atomic E-state index is -3.47. The number of carbonyl (C=O) groups is 1. The molecule has 1 aromatic heterocycles. The molecule has 0 saturated carbocycles. The highest BCUT2D eigenvalue weighted by Gasteiger charge is 2.23. The molecule has 0 aromatic carbocycles. The Kier molecular flexibility index (Phi) is 5.59. The molecule has 1 fully saturated rings. The molecule has 23 heavy (non-hydrogen) atoms. The maximum absolute atomic E-state index is 12.4. The second-order valence-corrected chi connectivity index (χ2v) is 7.37. The molecule has 1 aromatic rings. The smallest absolute Gasteiger partial charge is 0.244 e. The number of amides is 1. The lowest BCUT2D eigenvalue weighted by Gasteiger charge is -2.34. The van der Waals surface area contributed by atoms with Crippen LogP contribution in [0.25, 0.3) is 0 Å². The fraction of sp³-hybridized carbons (Fsp3) is 0.600. The monoisotopic (exact) mass is 340 g/mol. The van der Waals surface area contributed by atoms with Crippen molar-refractivity contribution in [2.75, 3.05) is 44.2 Å². The Morgan fingerprint density at radius 1 is 1.17 bits per heavy atom. The Labute approximate surface area is 137 Å². The number of sulfonamides is 1. The molecule has 1 saturated heterocycles. The van der Waals surface area contributed by atoms with Crippen LogP contribution < -0.4 is 4.90 Å². The van der Waals surface area contributed by atoms with Crippen LogP contribution in [0.1, 0.15) is 20.8 Å². The summed E-state index contributed by atoms with van der Waals surface area (Å²) in [5, 5.41) is 0. The van der Waals surface area contributed by atoms with Gasteiger partial charge in [-0.05, 0) is 12.1 Å². The summed E-state index contributed by atoms with van der Waals surface area (Å²) in [5.41, 5.74) is 0. The lowest BCUT2D eigenvalue weighted by atomic mass is 10.3. The molecule has 0 atom stereocenters. The summed E-state index contributed by atoms with van der Waals surface area (Å²) in [4.78, 5) is 19.7. The van der Waals surface area contributed by atoms with Crippen LogP contribution in [-0.4, -0.2) is 67.8 Å². The molecule has 1 aliphatic heterocycles. The van der Waals surface area contributed by atoms with E-state index in [4.69, 9.17) is 0 Å². The van der Waals surface area contributed by atoms with Crippen LogP contribution in [0.3, 0.4) is 0 Å². The number of pyridine rings is 1. The van der Waals surface area contributed by atoms with Crippen molar-refractivity contribution >= 4 is 21.7 Å². The van der Waals surface area contributed by atoms with E-state index in [2.05, 4.69) is 9.88 Å². The predicted molar refractivity (Wildman–Crippen MR) is 88.8 cm³/mol. The summed E-state index contributed by atoms with van der Waals surface area (Å²) >= 11 is 0. The second kappa shape index (κ2) is 7.27. The maximum atomic E-state index is 12.4. The zero-order valence-electron chi connectivity index (χ0n) is 13.9. The van der Waals surface area contributed by atoms with Gasteiger partial charge in [0.15, 0.2) is 0 Å². The third kappa shape index (κ3) is 3.81. The predicted octanol–water partition coefficient (Wildman–Crippen LogP) is 0.781. The summed E-state index contributed by atoms with van der Waals surface area (Å²) < 4.78 is 26.3. The van der Waals surface area contributed by atoms with E-state index >= 15 is 0 Å². The minimum Gasteiger partial charge on any atom is -0.353 e. The van der Waals surface area contributed by atoms with E-state index in [1.165, 1.54) is 10.5 Å². The number of rotatable bonds is 5. The SMILES string of the molecule is CCN(CC)S(=O)(=O)c1ccc(N2CCN(C(C)=O)CC2)nc1. The zero-order valence-corrected chi connectivity index (χ0v) is 14.7. The van der Waals surface area contributed by atoms with Gasteiger partial charge in [0.25, 0.3) is 0 Å². The summed E-state index contributed by atoms with van der Waals surface area (Å²) in [5.74, 6) is 0.824. The number of anilines is 1. The highest BCUT2D eigenvalue weighted by molar-refractivity contribution is 7.89. The molecule has 128 valence electrons. The molecule has 1 amide bonds. The van der Waals surface area contributed by atoms with E-state index in [-0.39, 0.29) is 10.8 Å². The Balaban J connectivity index is 2.10. The second-order valence-electron chi connectivity index (χ2n) is 5.43. The third-order valence-corrected chi connectivity index (χ3v) is 6.15. The fourth-order valence-corrected chi connectivity index (χ4v) is 4.08. The summed E-state index contributed by atoms with van der Waals surface area (Å²) in [6, 6.07) is 3.34. The lowest BCUT2D eigenvalue weighted by molar-refractivity contribution is -0.129. The van der Waals surface area contributed by atoms with Gasteiger partial charge >= 0.3 is 0 Å². The molecule has 2 rings (SSSR count). The summed E-state index contributed by atoms with van der Waals surface area (Å²) in [6.07, 6.45) is 1.42. The Hall–Kier alpha value is -1.67. The number of hydrogen-bond acceptors (Lipinski definition) is 5. The first kappa shape index (κ1) is 17.7. The molecule has 0 unspecified atom stereocenters. The molecule has 0 radical (unpaired) electrons. The standard InChI is InChI=1S/C15H24N4O3S/c1-4-19(5-2)23(21,22)14-6-7-15(16-12-14)18-10-8-17(9-11-18)13(3)20/h6-7,12H,4-5,8-11H2,1-3H3. The summed E-state index contributed by atoms with van der Waals surface area (Å²) in [7, 11) is -3.47. The Bertz CT molecular complexity index is 633. The van der Waals surface area contributed by atoms with Crippen LogP contribution in [0.15, 0.2) is 23.2 Å². The van der Waals surface area contributed by atoms with E-state index in [9.17, 15) is 13.2 Å². The molecule has 0 bridgehead atoms. The van der Waals surface area contributed by atoms with Crippen molar-refractivity contribution in [3.05, 3.63) is 18.3 Å². The van der Waals surface area contributed by atoms with Crippen molar-refractivity contribution in [2.45, 2.75) is 25.7 Å². The van der Waals surface area contributed by atoms with E-state index in [1.807, 2.05) is 13.8 Å². The number of hydrogen-bond donors (Lipinski definition) is 0. The first-order valence-electron chi connectivity index (χ1n) is 7.86. The molecule has 2 heterocycles. The van der Waals surface area contributed by atoms with Gasteiger partial charge in [-0.25, -0.2) is 13.4 Å². The van der Waals surface area contributed by atoms with Crippen LogP contribution in [0.4, 0.5) is 5.82 Å². The van der Waals surface area contributed by atoms with E-state index in [0.717, 1.165) is 5.82 Å². The molecule has 1 aliphatic rings. The van der Waals surface area contributed by atoms with Crippen LogP contribution in [0.5, 0.6) is 0 Å². The van der Waals surface area contributed by atoms with Crippen molar-refractivity contribution in [3.8, 4) is 0 Å². The first-order chi connectivity index (χ1) is 10.9. The van der Waals surface area contributed by atoms with Crippen LogP contribution in [0.2, 0.25) is 0 Å². The van der Waals surface area contributed by atoms with Gasteiger partial charge in [-0.15, -0.1) is 0 Å². The van der Waals surface area contributed by atoms with Crippen molar-refractivity contribution in [1.29, 1.82) is 0 Å². The van der Waals surface area contributed by atoms with E-state index < -0.39 is 10.0 Å². The van der Waals surface area contributed by atoms with Crippen molar-refractivity contribution in [3.63, 3.8) is 0 Å². The Morgan fingerprint density at radius 3 is 2.22 bits per heavy atom. The van der Waals surface area contributed by atoms with Gasteiger partial charge in [0.05, 0.1) is 0 Å². The van der Waals surface area contributed by atoms with Crippen LogP contribution in [0, 0.1) is 0 Å². The lowest BCUT2D eigenvalue weighted by Crippen LogP contribution is -2.48. The average Bonchev–Trinajstić information content (AvgIpc) is 2.56. The highest BCUT2D eigenvalue weighted by Crippen LogP contribution is 2.19. The molecule has 0 aliphatic carbocycles. The van der Waals surface area contributed by atoms with Crippen LogP contribution >= 0.6 is 0 Å². The molecule has 0 spiro atoms. The largest absolute Gasteiger partial charge is 0.353 e. The van der Waals surface area contributed by atoms with Crippen LogP contribution in [-0.2, 0) is 14.8 Å². The minimum absolute atomic E-state index is 0.0817. The quantitative estimate of drug-likeness (QED) is 0.792. The zero-order chi connectivity index (χ0) is 17.0. The molecular formula is C15H24N4O3S. The number of piperazine rings is 1. The maximum Gasteiger partial charge on any atom is 0.244 e. The van der Waals surface area contributed by atoms with Crippen molar-refractivity contribution in [1.82, 2.24) is 14.2 Å². The highest BCUT2D eigenvalue weighted by atomic mass is 32.2. The molecule has 0 N–H and O–H groups in total. The number of carbonyl (C=O) groups excluding carboxylic acids is 1. The average molecular weight is 340 g/mol. The topological polar surface area (TPSA) is 73.8 Å². The van der Waals surface area contributed by atoms with Gasteiger partial charge in [0.1, 0.15) is 10.7 Å². The first-order valence-corrected chi connectivity index (χ1v) is 9.30. The van der Waals surface area contributed by atoms with E-state index in [0.29, 0.717) is 39.3 Å². The van der Waals surface area contributed by atoms with E-state index in [1.54, 1.807) is 24.0 Å². The fourth-order valence-electron chi connectivity index (χ4n) is 2.68. The molecular weight excluding hydrogens is 316 g/mol. The molecule has 7 nitrogen and oxygen atoms in total. The van der Waals surface area contributed by atoms with Gasteiger partial charge in [-0.1, -0.05) is 13.8 Å². The van der Waals surface area contributed by atoms with Gasteiger partial charge in [0, 0.05) is 52.4 Å². The van der Waals surface area contributed by atoms with Gasteiger partial charge < -0.3 is 9.80 Å². The van der Waals surface area contributed by atoms with Gasteiger partial charge in [0.2, 0.25) is 15.9 Å². The third-order valence-electron chi connectivity index (χ3n) is 4.11. The van der Waals surface area contributed by atoms with Crippen molar-refractivity contribution < 1.29 is 13.2 Å². The van der Waals surface area contributed by atoms with Gasteiger partial charge in [-0.3, -0.25) is 4.79 Å². The van der Waals surface area contributed by atoms with Crippen molar-refractivity contribution in [2.24, 2.45) is 0 Å². The normalized spacial score (nSPS) is 16.0. The Morgan fingerprint density at radius 2 is 1.78 bits per heavy atom. The van der Waals surface area contributed by atoms with Gasteiger partial charge in [-0.2, -0.15) is 4.31 Å².